The van der Waals surface area contributed by atoms with E-state index in [1.807, 2.05) is 30.3 Å². The third-order valence-electron chi connectivity index (χ3n) is 2.94. The molecule has 0 N–H and O–H groups in total. The van der Waals surface area contributed by atoms with Crippen molar-refractivity contribution in [2.24, 2.45) is 0 Å². The summed E-state index contributed by atoms with van der Waals surface area (Å²) in [5.41, 5.74) is 1.20. The molecule has 21 heavy (non-hydrogen) atoms. The molecule has 0 aliphatic rings. The molecule has 2 rings (SSSR count). The predicted molar refractivity (Wildman–Crippen MR) is 76.4 cm³/mol. The highest BCUT2D eigenvalue weighted by atomic mass is 16.7. The summed E-state index contributed by atoms with van der Waals surface area (Å²) in [5.74, 6) is -0.351. The SMILES string of the molecule is CON(Cc1ccccc1)C(=O)c1ccc([N+](=O)[O-])cc1. The van der Waals surface area contributed by atoms with Crippen LogP contribution < -0.4 is 0 Å². The second kappa shape index (κ2) is 6.62. The minimum absolute atomic E-state index is 0.0569. The molecule has 0 saturated heterocycles. The summed E-state index contributed by atoms with van der Waals surface area (Å²) in [7, 11) is 1.41. The van der Waals surface area contributed by atoms with Gasteiger partial charge in [-0.1, -0.05) is 30.3 Å². The maximum absolute atomic E-state index is 12.3. The second-order valence-corrected chi connectivity index (χ2v) is 4.31. The van der Waals surface area contributed by atoms with Gasteiger partial charge in [0.15, 0.2) is 0 Å². The quantitative estimate of drug-likeness (QED) is 0.626. The molecule has 0 atom stereocenters. The number of nitrogens with zero attached hydrogens (tertiary/aromatic N) is 2. The summed E-state index contributed by atoms with van der Waals surface area (Å²) >= 11 is 0. The summed E-state index contributed by atoms with van der Waals surface area (Å²) in [5, 5.41) is 11.8. The molecular formula is C15H14N2O4. The molecule has 0 heterocycles. The van der Waals surface area contributed by atoms with Crippen LogP contribution >= 0.6 is 0 Å². The predicted octanol–water partition coefficient (Wildman–Crippen LogP) is 2.80. The van der Waals surface area contributed by atoms with Crippen molar-refractivity contribution in [1.29, 1.82) is 0 Å². The molecule has 2 aromatic rings. The average Bonchev–Trinajstić information content (AvgIpc) is 2.53. The van der Waals surface area contributed by atoms with Crippen molar-refractivity contribution in [2.45, 2.75) is 6.54 Å². The lowest BCUT2D eigenvalue weighted by molar-refractivity contribution is -0.384. The van der Waals surface area contributed by atoms with Crippen molar-refractivity contribution in [3.63, 3.8) is 0 Å². The fourth-order valence-corrected chi connectivity index (χ4v) is 1.84. The number of nitro benzene ring substituents is 1. The van der Waals surface area contributed by atoms with E-state index in [1.54, 1.807) is 0 Å². The van der Waals surface area contributed by atoms with Crippen LogP contribution in [0.25, 0.3) is 0 Å². The monoisotopic (exact) mass is 286 g/mol. The Hall–Kier alpha value is -2.73. The molecule has 1 amide bonds. The van der Waals surface area contributed by atoms with Crippen molar-refractivity contribution in [3.8, 4) is 0 Å². The minimum atomic E-state index is -0.508. The fourth-order valence-electron chi connectivity index (χ4n) is 1.84. The first-order valence-electron chi connectivity index (χ1n) is 6.26. The zero-order valence-electron chi connectivity index (χ0n) is 11.4. The molecule has 0 aliphatic heterocycles. The van der Waals surface area contributed by atoms with Crippen LogP contribution in [0.4, 0.5) is 5.69 Å². The van der Waals surface area contributed by atoms with Crippen LogP contribution in [0.1, 0.15) is 15.9 Å². The first-order chi connectivity index (χ1) is 10.1. The first kappa shape index (κ1) is 14.7. The van der Waals surface area contributed by atoms with Crippen LogP contribution in [0.3, 0.4) is 0 Å². The number of hydrogen-bond acceptors (Lipinski definition) is 4. The Morgan fingerprint density at radius 3 is 2.29 bits per heavy atom. The smallest absolute Gasteiger partial charge is 0.274 e. The van der Waals surface area contributed by atoms with Gasteiger partial charge < -0.3 is 0 Å². The van der Waals surface area contributed by atoms with Crippen LogP contribution in [0.15, 0.2) is 54.6 Å². The molecule has 0 bridgehead atoms. The zero-order valence-corrected chi connectivity index (χ0v) is 11.4. The molecule has 6 heteroatoms. The average molecular weight is 286 g/mol. The van der Waals surface area contributed by atoms with Gasteiger partial charge in [-0.3, -0.25) is 19.7 Å². The number of benzene rings is 2. The normalized spacial score (nSPS) is 10.1. The summed E-state index contributed by atoms with van der Waals surface area (Å²) in [6, 6.07) is 14.8. The molecule has 0 unspecified atom stereocenters. The molecule has 0 radical (unpaired) electrons. The molecule has 0 aliphatic carbocycles. The molecule has 6 nitrogen and oxygen atoms in total. The van der Waals surface area contributed by atoms with E-state index in [2.05, 4.69) is 0 Å². The third-order valence-corrected chi connectivity index (χ3v) is 2.94. The van der Waals surface area contributed by atoms with E-state index in [0.29, 0.717) is 12.1 Å². The molecule has 0 fully saturated rings. The standard InChI is InChI=1S/C15H14N2O4/c1-21-16(11-12-5-3-2-4-6-12)15(18)13-7-9-14(10-8-13)17(19)20/h2-10H,11H2,1H3. The van der Waals surface area contributed by atoms with Crippen LogP contribution in [0.5, 0.6) is 0 Å². The number of nitro groups is 1. The topological polar surface area (TPSA) is 72.7 Å². The maximum Gasteiger partial charge on any atom is 0.277 e. The Morgan fingerprint density at radius 2 is 1.76 bits per heavy atom. The highest BCUT2D eigenvalue weighted by molar-refractivity contribution is 5.93. The number of amides is 1. The summed E-state index contributed by atoms with van der Waals surface area (Å²) in [6.45, 7) is 0.299. The summed E-state index contributed by atoms with van der Waals surface area (Å²) in [6.07, 6.45) is 0. The van der Waals surface area contributed by atoms with Gasteiger partial charge in [-0.25, -0.2) is 5.06 Å². The van der Waals surface area contributed by atoms with Gasteiger partial charge in [0, 0.05) is 17.7 Å². The summed E-state index contributed by atoms with van der Waals surface area (Å²) in [4.78, 5) is 27.5. The number of hydroxylamine groups is 2. The van der Waals surface area contributed by atoms with E-state index in [0.717, 1.165) is 5.56 Å². The minimum Gasteiger partial charge on any atom is -0.274 e. The molecule has 2 aromatic carbocycles. The lowest BCUT2D eigenvalue weighted by Gasteiger charge is -2.19. The third kappa shape index (κ3) is 3.64. The lowest BCUT2D eigenvalue weighted by atomic mass is 10.1. The molecule has 0 saturated carbocycles. The number of carbonyl (C=O) groups is 1. The zero-order chi connectivity index (χ0) is 15.2. The van der Waals surface area contributed by atoms with Crippen LogP contribution in [0, 0.1) is 10.1 Å². The van der Waals surface area contributed by atoms with Crippen molar-refractivity contribution >= 4 is 11.6 Å². The lowest BCUT2D eigenvalue weighted by Crippen LogP contribution is -2.29. The molecular weight excluding hydrogens is 272 g/mol. The van der Waals surface area contributed by atoms with Crippen molar-refractivity contribution in [1.82, 2.24) is 5.06 Å². The Labute approximate surface area is 121 Å². The first-order valence-corrected chi connectivity index (χ1v) is 6.26. The Kier molecular flexibility index (Phi) is 4.63. The van der Waals surface area contributed by atoms with Gasteiger partial charge in [-0.2, -0.15) is 0 Å². The highest BCUT2D eigenvalue weighted by Crippen LogP contribution is 2.15. The number of hydrogen-bond donors (Lipinski definition) is 0. The van der Waals surface area contributed by atoms with E-state index in [1.165, 1.54) is 36.4 Å². The number of carbonyl (C=O) groups excluding carboxylic acids is 1. The molecule has 0 spiro atoms. The van der Waals surface area contributed by atoms with Crippen LogP contribution in [-0.2, 0) is 11.4 Å². The van der Waals surface area contributed by atoms with Crippen molar-refractivity contribution in [3.05, 3.63) is 75.8 Å². The van der Waals surface area contributed by atoms with Gasteiger partial charge in [0.05, 0.1) is 18.6 Å². The molecule has 0 aromatic heterocycles. The van der Waals surface area contributed by atoms with E-state index in [4.69, 9.17) is 4.84 Å². The van der Waals surface area contributed by atoms with E-state index in [-0.39, 0.29) is 11.6 Å². The van der Waals surface area contributed by atoms with Crippen molar-refractivity contribution in [2.75, 3.05) is 7.11 Å². The Bertz CT molecular complexity index is 626. The largest absolute Gasteiger partial charge is 0.277 e. The Morgan fingerprint density at radius 1 is 1.14 bits per heavy atom. The maximum atomic E-state index is 12.3. The van der Waals surface area contributed by atoms with E-state index < -0.39 is 4.92 Å². The van der Waals surface area contributed by atoms with Gasteiger partial charge in [-0.05, 0) is 17.7 Å². The van der Waals surface area contributed by atoms with Gasteiger partial charge in [-0.15, -0.1) is 0 Å². The highest BCUT2D eigenvalue weighted by Gasteiger charge is 2.17. The van der Waals surface area contributed by atoms with Gasteiger partial charge in [0.25, 0.3) is 11.6 Å². The van der Waals surface area contributed by atoms with Gasteiger partial charge >= 0.3 is 0 Å². The Balaban J connectivity index is 2.14. The van der Waals surface area contributed by atoms with E-state index in [9.17, 15) is 14.9 Å². The van der Waals surface area contributed by atoms with Gasteiger partial charge in [0.2, 0.25) is 0 Å². The number of non-ortho nitro benzene ring substituents is 1. The van der Waals surface area contributed by atoms with Crippen molar-refractivity contribution < 1.29 is 14.6 Å². The molecule has 108 valence electrons. The fraction of sp³-hybridized carbons (Fsp3) is 0.133. The van der Waals surface area contributed by atoms with Gasteiger partial charge in [0.1, 0.15) is 0 Å². The van der Waals surface area contributed by atoms with Crippen LogP contribution in [0.2, 0.25) is 0 Å². The second-order valence-electron chi connectivity index (χ2n) is 4.31. The van der Waals surface area contributed by atoms with Crippen LogP contribution in [-0.4, -0.2) is 23.0 Å². The van der Waals surface area contributed by atoms with E-state index >= 15 is 0 Å². The number of rotatable bonds is 5. The summed E-state index contributed by atoms with van der Waals surface area (Å²) < 4.78 is 0.